The molecule has 2 aliphatic rings. The van der Waals surface area contributed by atoms with Crippen molar-refractivity contribution < 1.29 is 9.53 Å². The van der Waals surface area contributed by atoms with Crippen LogP contribution in [0.4, 0.5) is 4.79 Å². The van der Waals surface area contributed by atoms with Crippen molar-refractivity contribution in [1.29, 1.82) is 0 Å². The zero-order valence-electron chi connectivity index (χ0n) is 16.1. The number of nitrogens with one attached hydrogen (secondary N) is 1. The minimum atomic E-state index is 0.143. The summed E-state index contributed by atoms with van der Waals surface area (Å²) >= 11 is 0. The number of methoxy groups -OCH3 is 1. The Hall–Kier alpha value is -1.75. The van der Waals surface area contributed by atoms with Crippen LogP contribution in [0.15, 0.2) is 24.3 Å². The van der Waals surface area contributed by atoms with E-state index in [0.29, 0.717) is 6.04 Å². The van der Waals surface area contributed by atoms with Gasteiger partial charge in [-0.25, -0.2) is 4.79 Å². The molecule has 3 rings (SSSR count). The molecule has 0 aromatic heterocycles. The summed E-state index contributed by atoms with van der Waals surface area (Å²) in [6, 6.07) is 8.81. The molecule has 1 aromatic carbocycles. The van der Waals surface area contributed by atoms with Crippen molar-refractivity contribution >= 4 is 6.03 Å². The molecule has 144 valence electrons. The van der Waals surface area contributed by atoms with Gasteiger partial charge in [0.1, 0.15) is 5.75 Å². The Morgan fingerprint density at radius 2 is 1.85 bits per heavy atom. The Kier molecular flexibility index (Phi) is 7.18. The van der Waals surface area contributed by atoms with E-state index < -0.39 is 0 Å². The van der Waals surface area contributed by atoms with Gasteiger partial charge in [-0.1, -0.05) is 37.8 Å². The number of carbonyl (C=O) groups excluding carboxylic acids is 1. The predicted molar refractivity (Wildman–Crippen MR) is 105 cm³/mol. The van der Waals surface area contributed by atoms with Crippen molar-refractivity contribution in [2.45, 2.75) is 51.0 Å². The second-order valence-electron chi connectivity index (χ2n) is 7.57. The summed E-state index contributed by atoms with van der Waals surface area (Å²) in [5.41, 5.74) is 1.30. The molecule has 5 heteroatoms. The molecule has 2 fully saturated rings. The number of ether oxygens (including phenoxy) is 1. The third-order valence-electron chi connectivity index (χ3n) is 5.69. The Morgan fingerprint density at radius 3 is 2.54 bits per heavy atom. The van der Waals surface area contributed by atoms with Gasteiger partial charge in [0.15, 0.2) is 0 Å². The highest BCUT2D eigenvalue weighted by Gasteiger charge is 2.23. The largest absolute Gasteiger partial charge is 0.497 e. The lowest BCUT2D eigenvalue weighted by Gasteiger charge is -2.35. The van der Waals surface area contributed by atoms with Gasteiger partial charge >= 0.3 is 6.03 Å². The molecule has 0 radical (unpaired) electrons. The van der Waals surface area contributed by atoms with E-state index in [0.717, 1.165) is 57.7 Å². The van der Waals surface area contributed by atoms with Crippen LogP contribution >= 0.6 is 0 Å². The van der Waals surface area contributed by atoms with Crippen molar-refractivity contribution in [3.05, 3.63) is 29.8 Å². The second kappa shape index (κ2) is 9.81. The van der Waals surface area contributed by atoms with Crippen molar-refractivity contribution in [2.75, 3.05) is 39.8 Å². The Labute approximate surface area is 157 Å². The third-order valence-corrected chi connectivity index (χ3v) is 5.69. The fraction of sp³-hybridized carbons (Fsp3) is 0.667. The van der Waals surface area contributed by atoms with Crippen molar-refractivity contribution in [1.82, 2.24) is 15.1 Å². The highest BCUT2D eigenvalue weighted by Crippen LogP contribution is 2.18. The van der Waals surface area contributed by atoms with E-state index >= 15 is 0 Å². The van der Waals surface area contributed by atoms with Gasteiger partial charge in [0, 0.05) is 38.8 Å². The average Bonchev–Trinajstić information content (AvgIpc) is 2.95. The molecule has 0 unspecified atom stereocenters. The Balaban J connectivity index is 1.38. The molecule has 1 saturated heterocycles. The molecule has 0 atom stereocenters. The van der Waals surface area contributed by atoms with Gasteiger partial charge in [0.2, 0.25) is 0 Å². The highest BCUT2D eigenvalue weighted by molar-refractivity contribution is 5.74. The predicted octanol–water partition coefficient (Wildman–Crippen LogP) is 3.29. The standard InChI is InChI=1S/C21H33N3O2/c1-26-20-10-6-7-18(17-20)11-12-23-13-15-24(16-14-23)21(25)22-19-8-4-2-3-5-9-19/h6-7,10,17,19H,2-5,8-9,11-16H2,1H3,(H,22,25). The molecule has 1 saturated carbocycles. The van der Waals surface area contributed by atoms with Crippen molar-refractivity contribution in [2.24, 2.45) is 0 Å². The molecule has 2 amide bonds. The lowest BCUT2D eigenvalue weighted by atomic mass is 10.1. The van der Waals surface area contributed by atoms with Crippen LogP contribution in [0.25, 0.3) is 0 Å². The molecule has 26 heavy (non-hydrogen) atoms. The zero-order valence-corrected chi connectivity index (χ0v) is 16.1. The first-order chi connectivity index (χ1) is 12.7. The lowest BCUT2D eigenvalue weighted by molar-refractivity contribution is 0.137. The van der Waals surface area contributed by atoms with Crippen LogP contribution in [0, 0.1) is 0 Å². The minimum Gasteiger partial charge on any atom is -0.497 e. The molecule has 1 aliphatic carbocycles. The first-order valence-corrected chi connectivity index (χ1v) is 10.2. The van der Waals surface area contributed by atoms with E-state index in [1.807, 2.05) is 17.0 Å². The number of benzene rings is 1. The summed E-state index contributed by atoms with van der Waals surface area (Å²) in [6.07, 6.45) is 8.45. The molecule has 1 heterocycles. The van der Waals surface area contributed by atoms with Crippen LogP contribution in [-0.4, -0.2) is 61.7 Å². The second-order valence-corrected chi connectivity index (χ2v) is 7.57. The lowest BCUT2D eigenvalue weighted by Crippen LogP contribution is -2.53. The maximum Gasteiger partial charge on any atom is 0.317 e. The summed E-state index contributed by atoms with van der Waals surface area (Å²) in [5.74, 6) is 0.919. The SMILES string of the molecule is COc1cccc(CCN2CCN(C(=O)NC3CCCCCC3)CC2)c1. The number of carbonyl (C=O) groups is 1. The fourth-order valence-electron chi connectivity index (χ4n) is 3.98. The highest BCUT2D eigenvalue weighted by atomic mass is 16.5. The summed E-state index contributed by atoms with van der Waals surface area (Å²) in [5, 5.41) is 3.27. The van der Waals surface area contributed by atoms with Crippen molar-refractivity contribution in [3.63, 3.8) is 0 Å². The summed E-state index contributed by atoms with van der Waals surface area (Å²) in [6.45, 7) is 4.61. The molecule has 1 aromatic rings. The number of hydrogen-bond donors (Lipinski definition) is 1. The van der Waals surface area contributed by atoms with Gasteiger partial charge in [-0.3, -0.25) is 4.90 Å². The average molecular weight is 360 g/mol. The van der Waals surface area contributed by atoms with E-state index in [1.54, 1.807) is 7.11 Å². The van der Waals surface area contributed by atoms with Gasteiger partial charge in [-0.15, -0.1) is 0 Å². The van der Waals surface area contributed by atoms with Gasteiger partial charge < -0.3 is 15.0 Å². The normalized spacial score (nSPS) is 19.8. The Bertz CT molecular complexity index is 562. The van der Waals surface area contributed by atoms with Gasteiger partial charge in [-0.05, 0) is 37.0 Å². The summed E-state index contributed by atoms with van der Waals surface area (Å²) in [4.78, 5) is 17.0. The molecule has 5 nitrogen and oxygen atoms in total. The van der Waals surface area contributed by atoms with Crippen LogP contribution in [0.5, 0.6) is 5.75 Å². The number of hydrogen-bond acceptors (Lipinski definition) is 3. The van der Waals surface area contributed by atoms with Gasteiger partial charge in [0.05, 0.1) is 7.11 Å². The summed E-state index contributed by atoms with van der Waals surface area (Å²) in [7, 11) is 1.71. The quantitative estimate of drug-likeness (QED) is 0.821. The molecule has 1 aliphatic heterocycles. The smallest absolute Gasteiger partial charge is 0.317 e. The summed E-state index contributed by atoms with van der Waals surface area (Å²) < 4.78 is 5.29. The van der Waals surface area contributed by atoms with E-state index in [4.69, 9.17) is 4.74 Å². The molecule has 0 spiro atoms. The minimum absolute atomic E-state index is 0.143. The Morgan fingerprint density at radius 1 is 1.12 bits per heavy atom. The molecule has 1 N–H and O–H groups in total. The number of rotatable bonds is 5. The van der Waals surface area contributed by atoms with E-state index in [9.17, 15) is 4.79 Å². The van der Waals surface area contributed by atoms with Crippen molar-refractivity contribution in [3.8, 4) is 5.75 Å². The van der Waals surface area contributed by atoms with Crippen LogP contribution < -0.4 is 10.1 Å². The maximum atomic E-state index is 12.5. The molecule has 0 bridgehead atoms. The molecular formula is C21H33N3O2. The van der Waals surface area contributed by atoms with Crippen LogP contribution in [0.2, 0.25) is 0 Å². The van der Waals surface area contributed by atoms with E-state index in [2.05, 4.69) is 22.3 Å². The number of nitrogens with zero attached hydrogens (tertiary/aromatic N) is 2. The number of urea groups is 1. The number of piperazine rings is 1. The number of amides is 2. The third kappa shape index (κ3) is 5.63. The topological polar surface area (TPSA) is 44.8 Å². The fourth-order valence-corrected chi connectivity index (χ4v) is 3.98. The van der Waals surface area contributed by atoms with E-state index in [-0.39, 0.29) is 6.03 Å². The molecular weight excluding hydrogens is 326 g/mol. The first-order valence-electron chi connectivity index (χ1n) is 10.2. The van der Waals surface area contributed by atoms with Crippen LogP contribution in [-0.2, 0) is 6.42 Å². The van der Waals surface area contributed by atoms with Gasteiger partial charge in [-0.2, -0.15) is 0 Å². The van der Waals surface area contributed by atoms with Crippen LogP contribution in [0.3, 0.4) is 0 Å². The monoisotopic (exact) mass is 359 g/mol. The van der Waals surface area contributed by atoms with Crippen LogP contribution in [0.1, 0.15) is 44.1 Å². The zero-order chi connectivity index (χ0) is 18.2. The van der Waals surface area contributed by atoms with Gasteiger partial charge in [0.25, 0.3) is 0 Å². The first kappa shape index (κ1) is 19.0. The maximum absolute atomic E-state index is 12.5. The van der Waals surface area contributed by atoms with E-state index in [1.165, 1.54) is 31.2 Å².